The van der Waals surface area contributed by atoms with E-state index in [1.165, 1.54) is 35.9 Å². The average Bonchev–Trinajstić information content (AvgIpc) is 3.25. The van der Waals surface area contributed by atoms with Gasteiger partial charge in [0.2, 0.25) is 11.0 Å². The molecule has 25 heavy (non-hydrogen) atoms. The van der Waals surface area contributed by atoms with Crippen LogP contribution < -0.4 is 10.6 Å². The molecule has 0 bridgehead atoms. The number of carbonyl (C=O) groups is 2. The second-order valence-corrected chi connectivity index (χ2v) is 8.31. The number of nitrogens with zero attached hydrogens (tertiary/aromatic N) is 2. The molecule has 1 fully saturated rings. The lowest BCUT2D eigenvalue weighted by atomic mass is 10.2. The Labute approximate surface area is 158 Å². The molecule has 0 spiro atoms. The zero-order chi connectivity index (χ0) is 17.6. The smallest absolute Gasteiger partial charge is 0.257 e. The highest BCUT2D eigenvalue weighted by atomic mass is 35.5. The predicted octanol–water partition coefficient (Wildman–Crippen LogP) is 3.59. The summed E-state index contributed by atoms with van der Waals surface area (Å²) in [5.74, 6) is 0.0127. The Kier molecular flexibility index (Phi) is 6.28. The van der Waals surface area contributed by atoms with Gasteiger partial charge in [-0.25, -0.2) is 0 Å². The van der Waals surface area contributed by atoms with Gasteiger partial charge >= 0.3 is 0 Å². The third kappa shape index (κ3) is 5.42. The largest absolute Gasteiger partial charge is 0.353 e. The fourth-order valence-electron chi connectivity index (χ4n) is 2.58. The lowest BCUT2D eigenvalue weighted by Gasteiger charge is -2.10. The van der Waals surface area contributed by atoms with E-state index in [0.717, 1.165) is 12.8 Å². The van der Waals surface area contributed by atoms with E-state index in [1.807, 2.05) is 0 Å². The van der Waals surface area contributed by atoms with E-state index in [-0.39, 0.29) is 11.8 Å². The molecule has 1 aromatic carbocycles. The van der Waals surface area contributed by atoms with Crippen molar-refractivity contribution in [2.75, 3.05) is 11.1 Å². The van der Waals surface area contributed by atoms with Crippen LogP contribution in [0, 0.1) is 0 Å². The molecule has 132 valence electrons. The molecule has 1 heterocycles. The summed E-state index contributed by atoms with van der Waals surface area (Å²) in [4.78, 5) is 24.0. The van der Waals surface area contributed by atoms with Gasteiger partial charge in [0.05, 0.1) is 5.75 Å². The number of halogens is 1. The van der Waals surface area contributed by atoms with Crippen molar-refractivity contribution < 1.29 is 9.59 Å². The first kappa shape index (κ1) is 18.2. The highest BCUT2D eigenvalue weighted by molar-refractivity contribution is 8.01. The van der Waals surface area contributed by atoms with E-state index < -0.39 is 0 Å². The molecule has 9 heteroatoms. The number of rotatable bonds is 6. The van der Waals surface area contributed by atoms with Crippen molar-refractivity contribution in [1.29, 1.82) is 0 Å². The first-order valence-electron chi connectivity index (χ1n) is 7.93. The van der Waals surface area contributed by atoms with Gasteiger partial charge in [-0.3, -0.25) is 14.9 Å². The topological polar surface area (TPSA) is 84.0 Å². The fraction of sp³-hybridized carbons (Fsp3) is 0.375. The van der Waals surface area contributed by atoms with Crippen LogP contribution in [0.4, 0.5) is 5.13 Å². The van der Waals surface area contributed by atoms with E-state index in [1.54, 1.807) is 24.3 Å². The van der Waals surface area contributed by atoms with Gasteiger partial charge in [0, 0.05) is 16.6 Å². The van der Waals surface area contributed by atoms with Gasteiger partial charge in [-0.05, 0) is 31.0 Å². The van der Waals surface area contributed by atoms with Crippen LogP contribution in [-0.2, 0) is 4.79 Å². The Balaban J connectivity index is 1.48. The third-order valence-corrected chi connectivity index (χ3v) is 5.97. The molecule has 1 aliphatic rings. The summed E-state index contributed by atoms with van der Waals surface area (Å²) in [5.41, 5.74) is 0.452. The minimum Gasteiger partial charge on any atom is -0.353 e. The van der Waals surface area contributed by atoms with Crippen molar-refractivity contribution >= 4 is 51.6 Å². The lowest BCUT2D eigenvalue weighted by Crippen LogP contribution is -2.33. The minimum atomic E-state index is -0.297. The van der Waals surface area contributed by atoms with Gasteiger partial charge in [-0.15, -0.1) is 10.2 Å². The zero-order valence-corrected chi connectivity index (χ0v) is 15.7. The number of nitrogens with one attached hydrogen (secondary N) is 2. The predicted molar refractivity (Wildman–Crippen MR) is 100 cm³/mol. The minimum absolute atomic E-state index is 0.0108. The Morgan fingerprint density at radius 2 is 2.08 bits per heavy atom. The van der Waals surface area contributed by atoms with Gasteiger partial charge in [0.1, 0.15) is 0 Å². The highest BCUT2D eigenvalue weighted by Crippen LogP contribution is 2.26. The molecule has 1 saturated carbocycles. The summed E-state index contributed by atoms with van der Waals surface area (Å²) in [6.07, 6.45) is 4.50. The highest BCUT2D eigenvalue weighted by Gasteiger charge is 2.18. The van der Waals surface area contributed by atoms with Gasteiger partial charge in [0.25, 0.3) is 5.91 Å². The van der Waals surface area contributed by atoms with Crippen molar-refractivity contribution in [3.63, 3.8) is 0 Å². The summed E-state index contributed by atoms with van der Waals surface area (Å²) in [7, 11) is 0. The first-order valence-corrected chi connectivity index (χ1v) is 10.1. The number of hydrogen-bond acceptors (Lipinski definition) is 6. The molecule has 0 aliphatic heterocycles. The Hall–Kier alpha value is -1.64. The number of hydrogen-bond donors (Lipinski definition) is 2. The number of amides is 2. The van der Waals surface area contributed by atoms with Gasteiger partial charge in [-0.2, -0.15) is 0 Å². The molecule has 2 amide bonds. The molecule has 3 rings (SSSR count). The summed E-state index contributed by atoms with van der Waals surface area (Å²) >= 11 is 8.44. The van der Waals surface area contributed by atoms with E-state index in [0.29, 0.717) is 31.9 Å². The molecule has 1 aliphatic carbocycles. The van der Waals surface area contributed by atoms with E-state index in [4.69, 9.17) is 11.6 Å². The normalized spacial score (nSPS) is 14.4. The molecule has 0 atom stereocenters. The Morgan fingerprint density at radius 1 is 1.28 bits per heavy atom. The molecule has 1 aromatic heterocycles. The van der Waals surface area contributed by atoms with Crippen molar-refractivity contribution in [2.24, 2.45) is 0 Å². The van der Waals surface area contributed by atoms with E-state index >= 15 is 0 Å². The maximum absolute atomic E-state index is 12.1. The molecule has 6 nitrogen and oxygen atoms in total. The van der Waals surface area contributed by atoms with Gasteiger partial charge in [-0.1, -0.05) is 53.6 Å². The molecular weight excluding hydrogens is 380 g/mol. The van der Waals surface area contributed by atoms with Gasteiger partial charge < -0.3 is 5.32 Å². The summed E-state index contributed by atoms with van der Waals surface area (Å²) in [5, 5.41) is 14.5. The molecule has 0 saturated heterocycles. The lowest BCUT2D eigenvalue weighted by molar-refractivity contribution is -0.119. The Bertz CT molecular complexity index is 762. The van der Waals surface area contributed by atoms with Crippen molar-refractivity contribution in [3.8, 4) is 0 Å². The van der Waals surface area contributed by atoms with Crippen LogP contribution in [0.1, 0.15) is 36.0 Å². The number of aromatic nitrogens is 2. The van der Waals surface area contributed by atoms with Crippen LogP contribution >= 0.6 is 34.7 Å². The maximum Gasteiger partial charge on any atom is 0.257 e. The van der Waals surface area contributed by atoms with Crippen LogP contribution in [0.3, 0.4) is 0 Å². The number of carbonyl (C=O) groups excluding carboxylic acids is 2. The van der Waals surface area contributed by atoms with Crippen LogP contribution in [0.5, 0.6) is 0 Å². The van der Waals surface area contributed by atoms with Crippen molar-refractivity contribution in [3.05, 3.63) is 34.9 Å². The van der Waals surface area contributed by atoms with Crippen LogP contribution in [0.2, 0.25) is 5.02 Å². The molecule has 0 unspecified atom stereocenters. The monoisotopic (exact) mass is 396 g/mol. The Morgan fingerprint density at radius 3 is 2.84 bits per heavy atom. The second-order valence-electron chi connectivity index (χ2n) is 5.68. The molecule has 2 aromatic rings. The van der Waals surface area contributed by atoms with E-state index in [9.17, 15) is 9.59 Å². The standard InChI is InChI=1S/C16H17ClN4O2S2/c17-11-5-3-4-10(8-11)14(23)19-15-20-21-16(25-15)24-9-13(22)18-12-6-1-2-7-12/h3-5,8,12H,1-2,6-7,9H2,(H,18,22)(H,19,20,23). The average molecular weight is 397 g/mol. The number of thioether (sulfide) groups is 1. The third-order valence-electron chi connectivity index (χ3n) is 3.76. The summed E-state index contributed by atoms with van der Waals surface area (Å²) < 4.78 is 0.642. The molecule has 2 N–H and O–H groups in total. The van der Waals surface area contributed by atoms with Crippen molar-refractivity contribution in [2.45, 2.75) is 36.1 Å². The number of benzene rings is 1. The number of anilines is 1. The molecule has 0 radical (unpaired) electrons. The van der Waals surface area contributed by atoms with Crippen molar-refractivity contribution in [1.82, 2.24) is 15.5 Å². The summed E-state index contributed by atoms with van der Waals surface area (Å²) in [6, 6.07) is 6.98. The van der Waals surface area contributed by atoms with Gasteiger partial charge in [0.15, 0.2) is 4.34 Å². The SMILES string of the molecule is O=C(CSc1nnc(NC(=O)c2cccc(Cl)c2)s1)NC1CCCC1. The van der Waals surface area contributed by atoms with Crippen LogP contribution in [0.25, 0.3) is 0 Å². The maximum atomic E-state index is 12.1. The second kappa shape index (κ2) is 8.64. The first-order chi connectivity index (χ1) is 12.1. The van der Waals surface area contributed by atoms with E-state index in [2.05, 4.69) is 20.8 Å². The summed E-state index contributed by atoms with van der Waals surface area (Å²) in [6.45, 7) is 0. The quantitative estimate of drug-likeness (QED) is 0.575. The van der Waals surface area contributed by atoms with Crippen LogP contribution in [0.15, 0.2) is 28.6 Å². The molecular formula is C16H17ClN4O2S2. The van der Waals surface area contributed by atoms with Crippen LogP contribution in [-0.4, -0.2) is 33.8 Å². The zero-order valence-electron chi connectivity index (χ0n) is 13.3. The fourth-order valence-corrected chi connectivity index (χ4v) is 4.33.